The van der Waals surface area contributed by atoms with Gasteiger partial charge in [0.05, 0.1) is 5.56 Å². The fourth-order valence-corrected chi connectivity index (χ4v) is 2.06. The molecule has 0 fully saturated rings. The van der Waals surface area contributed by atoms with E-state index in [-0.39, 0.29) is 18.2 Å². The molecular weight excluding hydrogens is 304 g/mol. The molecule has 0 aliphatic carbocycles. The lowest BCUT2D eigenvalue weighted by Crippen LogP contribution is -2.29. The van der Waals surface area contributed by atoms with Crippen molar-refractivity contribution in [1.29, 1.82) is 0 Å². The van der Waals surface area contributed by atoms with Gasteiger partial charge in [-0.2, -0.15) is 0 Å². The van der Waals surface area contributed by atoms with Crippen LogP contribution in [-0.4, -0.2) is 25.4 Å². The summed E-state index contributed by atoms with van der Waals surface area (Å²) in [7, 11) is 1.56. The molecule has 0 aromatic heterocycles. The third-order valence-corrected chi connectivity index (χ3v) is 2.98. The molecule has 4 nitrogen and oxygen atoms in total. The van der Waals surface area contributed by atoms with Gasteiger partial charge in [-0.1, -0.05) is 15.9 Å². The molecule has 0 spiro atoms. The molecule has 0 saturated heterocycles. The summed E-state index contributed by atoms with van der Waals surface area (Å²) >= 11 is 7.51. The van der Waals surface area contributed by atoms with E-state index in [9.17, 15) is 9.59 Å². The SMILES string of the molecule is CNC(=O)CCNC(=O)c1ccc(Br)cc1S. The minimum absolute atomic E-state index is 0.104. The molecule has 0 aliphatic heterocycles. The Morgan fingerprint density at radius 3 is 2.71 bits per heavy atom. The van der Waals surface area contributed by atoms with Crippen molar-refractivity contribution in [2.75, 3.05) is 13.6 Å². The molecule has 92 valence electrons. The van der Waals surface area contributed by atoms with Crippen LogP contribution in [-0.2, 0) is 4.79 Å². The van der Waals surface area contributed by atoms with Crippen molar-refractivity contribution >= 4 is 40.4 Å². The van der Waals surface area contributed by atoms with Gasteiger partial charge >= 0.3 is 0 Å². The quantitative estimate of drug-likeness (QED) is 0.739. The molecule has 17 heavy (non-hydrogen) atoms. The lowest BCUT2D eigenvalue weighted by atomic mass is 10.2. The van der Waals surface area contributed by atoms with Crippen LogP contribution in [0.1, 0.15) is 16.8 Å². The topological polar surface area (TPSA) is 58.2 Å². The van der Waals surface area contributed by atoms with E-state index in [0.717, 1.165) is 4.47 Å². The smallest absolute Gasteiger partial charge is 0.252 e. The number of rotatable bonds is 4. The van der Waals surface area contributed by atoms with Gasteiger partial charge < -0.3 is 10.6 Å². The number of carbonyl (C=O) groups excluding carboxylic acids is 2. The first kappa shape index (κ1) is 14.1. The van der Waals surface area contributed by atoms with Crippen LogP contribution < -0.4 is 10.6 Å². The van der Waals surface area contributed by atoms with Crippen LogP contribution in [0, 0.1) is 0 Å². The third-order valence-electron chi connectivity index (χ3n) is 2.12. The normalized spacial score (nSPS) is 9.82. The Bertz CT molecular complexity index is 437. The van der Waals surface area contributed by atoms with Gasteiger partial charge in [0.25, 0.3) is 5.91 Å². The third kappa shape index (κ3) is 4.40. The number of benzene rings is 1. The summed E-state index contributed by atoms with van der Waals surface area (Å²) < 4.78 is 0.865. The van der Waals surface area contributed by atoms with Gasteiger partial charge in [-0.25, -0.2) is 0 Å². The van der Waals surface area contributed by atoms with Crippen LogP contribution in [0.15, 0.2) is 27.6 Å². The van der Waals surface area contributed by atoms with Crippen LogP contribution in [0.25, 0.3) is 0 Å². The first-order valence-electron chi connectivity index (χ1n) is 5.02. The van der Waals surface area contributed by atoms with Crippen LogP contribution in [0.5, 0.6) is 0 Å². The molecule has 0 bridgehead atoms. The molecule has 0 radical (unpaired) electrons. The largest absolute Gasteiger partial charge is 0.359 e. The summed E-state index contributed by atoms with van der Waals surface area (Å²) in [4.78, 5) is 23.3. The van der Waals surface area contributed by atoms with Crippen molar-refractivity contribution in [3.8, 4) is 0 Å². The summed E-state index contributed by atoms with van der Waals surface area (Å²) in [5.74, 6) is -0.335. The highest BCUT2D eigenvalue weighted by Gasteiger charge is 2.09. The maximum absolute atomic E-state index is 11.7. The number of amides is 2. The Hall–Kier alpha value is -1.01. The second-order valence-electron chi connectivity index (χ2n) is 3.34. The van der Waals surface area contributed by atoms with E-state index in [1.165, 1.54) is 0 Å². The Kier molecular flexibility index (Phi) is 5.50. The molecule has 1 aromatic rings. The van der Waals surface area contributed by atoms with Crippen LogP contribution in [0.2, 0.25) is 0 Å². The monoisotopic (exact) mass is 316 g/mol. The van der Waals surface area contributed by atoms with Crippen molar-refractivity contribution in [2.45, 2.75) is 11.3 Å². The van der Waals surface area contributed by atoms with Gasteiger partial charge in [0.1, 0.15) is 0 Å². The summed E-state index contributed by atoms with van der Waals surface area (Å²) in [6.45, 7) is 0.307. The molecule has 0 atom stereocenters. The Morgan fingerprint density at radius 1 is 1.41 bits per heavy atom. The van der Waals surface area contributed by atoms with Gasteiger partial charge in [0.2, 0.25) is 5.91 Å². The molecule has 0 aliphatic rings. The number of thiol groups is 1. The van der Waals surface area contributed by atoms with Gasteiger partial charge in [-0.05, 0) is 18.2 Å². The molecule has 0 heterocycles. The zero-order valence-corrected chi connectivity index (χ0v) is 11.8. The zero-order chi connectivity index (χ0) is 12.8. The first-order valence-corrected chi connectivity index (χ1v) is 6.26. The highest BCUT2D eigenvalue weighted by atomic mass is 79.9. The van der Waals surface area contributed by atoms with E-state index in [0.29, 0.717) is 17.0 Å². The Morgan fingerprint density at radius 2 is 2.12 bits per heavy atom. The Balaban J connectivity index is 2.55. The maximum atomic E-state index is 11.7. The van der Waals surface area contributed by atoms with Crippen molar-refractivity contribution in [2.24, 2.45) is 0 Å². The van der Waals surface area contributed by atoms with Crippen LogP contribution in [0.3, 0.4) is 0 Å². The van der Waals surface area contributed by atoms with E-state index < -0.39 is 0 Å². The predicted octanol–water partition coefficient (Wildman–Crippen LogP) is 1.60. The first-order chi connectivity index (χ1) is 8.04. The summed E-state index contributed by atoms with van der Waals surface area (Å²) in [5, 5.41) is 5.15. The molecule has 0 saturated carbocycles. The van der Waals surface area contributed by atoms with E-state index >= 15 is 0 Å². The summed E-state index contributed by atoms with van der Waals surface area (Å²) in [6, 6.07) is 5.20. The summed E-state index contributed by atoms with van der Waals surface area (Å²) in [6.07, 6.45) is 0.265. The number of hydrogen-bond acceptors (Lipinski definition) is 3. The average Bonchev–Trinajstić information content (AvgIpc) is 2.28. The van der Waals surface area contributed by atoms with E-state index in [2.05, 4.69) is 39.2 Å². The second kappa shape index (κ2) is 6.66. The van der Waals surface area contributed by atoms with Crippen molar-refractivity contribution in [3.63, 3.8) is 0 Å². The molecule has 1 aromatic carbocycles. The minimum Gasteiger partial charge on any atom is -0.359 e. The van der Waals surface area contributed by atoms with Crippen LogP contribution >= 0.6 is 28.6 Å². The fraction of sp³-hybridized carbons (Fsp3) is 0.273. The summed E-state index contributed by atoms with van der Waals surface area (Å²) in [5.41, 5.74) is 0.494. The predicted molar refractivity (Wildman–Crippen MR) is 72.4 cm³/mol. The average molecular weight is 317 g/mol. The second-order valence-corrected chi connectivity index (χ2v) is 4.74. The lowest BCUT2D eigenvalue weighted by Gasteiger charge is -2.07. The van der Waals surface area contributed by atoms with Crippen molar-refractivity contribution in [3.05, 3.63) is 28.2 Å². The van der Waals surface area contributed by atoms with E-state index in [1.807, 2.05) is 0 Å². The standard InChI is InChI=1S/C11H13BrN2O2S/c1-13-10(15)4-5-14-11(16)8-3-2-7(12)6-9(8)17/h2-3,6,17H,4-5H2,1H3,(H,13,15)(H,14,16). The molecule has 0 unspecified atom stereocenters. The van der Waals surface area contributed by atoms with Gasteiger partial charge in [0.15, 0.2) is 0 Å². The van der Waals surface area contributed by atoms with Crippen LogP contribution in [0.4, 0.5) is 0 Å². The highest BCUT2D eigenvalue weighted by Crippen LogP contribution is 2.19. The fourth-order valence-electron chi connectivity index (χ4n) is 1.21. The maximum Gasteiger partial charge on any atom is 0.252 e. The molecular formula is C11H13BrN2O2S. The molecule has 6 heteroatoms. The number of carbonyl (C=O) groups is 2. The zero-order valence-electron chi connectivity index (χ0n) is 9.29. The number of nitrogens with one attached hydrogen (secondary N) is 2. The van der Waals surface area contributed by atoms with Gasteiger partial charge in [-0.3, -0.25) is 9.59 Å². The number of halogens is 1. The van der Waals surface area contributed by atoms with Gasteiger partial charge in [0, 0.05) is 29.4 Å². The van der Waals surface area contributed by atoms with Crippen molar-refractivity contribution in [1.82, 2.24) is 10.6 Å². The van der Waals surface area contributed by atoms with Gasteiger partial charge in [-0.15, -0.1) is 12.6 Å². The Labute approximate surface area is 114 Å². The molecule has 2 N–H and O–H groups in total. The highest BCUT2D eigenvalue weighted by molar-refractivity contribution is 9.10. The number of hydrogen-bond donors (Lipinski definition) is 3. The van der Waals surface area contributed by atoms with Crippen molar-refractivity contribution < 1.29 is 9.59 Å². The molecule has 1 rings (SSSR count). The van der Waals surface area contributed by atoms with E-state index in [4.69, 9.17) is 0 Å². The minimum atomic E-state index is -0.230. The molecule has 2 amide bonds. The van der Waals surface area contributed by atoms with E-state index in [1.54, 1.807) is 25.2 Å². The lowest BCUT2D eigenvalue weighted by molar-refractivity contribution is -0.120.